The molecule has 0 radical (unpaired) electrons. The topological polar surface area (TPSA) is 41.1 Å². The Morgan fingerprint density at radius 3 is 2.80 bits per heavy atom. The minimum absolute atomic E-state index is 0.0162. The highest BCUT2D eigenvalue weighted by Gasteiger charge is 2.38. The molecule has 3 heteroatoms. The molecule has 0 saturated heterocycles. The van der Waals surface area contributed by atoms with Gasteiger partial charge in [-0.25, -0.2) is 0 Å². The molecule has 2 rings (SSSR count). The zero-order valence-electron chi connectivity index (χ0n) is 9.75. The van der Waals surface area contributed by atoms with Gasteiger partial charge in [0.1, 0.15) is 0 Å². The van der Waals surface area contributed by atoms with E-state index in [9.17, 15) is 4.79 Å². The summed E-state index contributed by atoms with van der Waals surface area (Å²) in [7, 11) is 0. The van der Waals surface area contributed by atoms with Crippen molar-refractivity contribution in [2.24, 2.45) is 5.92 Å². The molecule has 3 unspecified atom stereocenters. The van der Waals surface area contributed by atoms with Gasteiger partial charge in [-0.2, -0.15) is 0 Å². The molecule has 3 atom stereocenters. The molecule has 3 nitrogen and oxygen atoms in total. The van der Waals surface area contributed by atoms with Crippen molar-refractivity contribution in [3.8, 4) is 0 Å². The quantitative estimate of drug-likeness (QED) is 0.696. The predicted molar refractivity (Wildman–Crippen MR) is 60.6 cm³/mol. The van der Waals surface area contributed by atoms with Gasteiger partial charge in [-0.05, 0) is 38.5 Å². The first kappa shape index (κ1) is 10.9. The van der Waals surface area contributed by atoms with Gasteiger partial charge in [-0.3, -0.25) is 4.79 Å². The second kappa shape index (κ2) is 4.52. The Kier molecular flexibility index (Phi) is 3.29. The van der Waals surface area contributed by atoms with E-state index in [0.717, 1.165) is 5.92 Å². The van der Waals surface area contributed by atoms with Crippen molar-refractivity contribution in [2.45, 2.75) is 64.1 Å². The van der Waals surface area contributed by atoms with Crippen LogP contribution >= 0.6 is 0 Å². The predicted octanol–water partition coefficient (Wildman–Crippen LogP) is 1.43. The van der Waals surface area contributed by atoms with Gasteiger partial charge in [0.25, 0.3) is 0 Å². The van der Waals surface area contributed by atoms with E-state index in [4.69, 9.17) is 0 Å². The monoisotopic (exact) mass is 210 g/mol. The maximum atomic E-state index is 11.6. The average molecular weight is 210 g/mol. The molecule has 2 aliphatic rings. The van der Waals surface area contributed by atoms with Crippen LogP contribution in [-0.4, -0.2) is 24.0 Å². The summed E-state index contributed by atoms with van der Waals surface area (Å²) >= 11 is 0. The second-order valence-electron chi connectivity index (χ2n) is 5.06. The molecule has 2 fully saturated rings. The Balaban J connectivity index is 1.63. The van der Waals surface area contributed by atoms with Crippen LogP contribution in [0.4, 0.5) is 0 Å². The Morgan fingerprint density at radius 2 is 2.20 bits per heavy atom. The Hall–Kier alpha value is -0.570. The molecule has 2 saturated carbocycles. The van der Waals surface area contributed by atoms with Gasteiger partial charge < -0.3 is 10.6 Å². The summed E-state index contributed by atoms with van der Waals surface area (Å²) in [5.74, 6) is 1.01. The van der Waals surface area contributed by atoms with E-state index in [-0.39, 0.29) is 11.9 Å². The largest absolute Gasteiger partial charge is 0.352 e. The van der Waals surface area contributed by atoms with Gasteiger partial charge in [-0.1, -0.05) is 13.3 Å². The van der Waals surface area contributed by atoms with E-state index in [1.54, 1.807) is 0 Å². The van der Waals surface area contributed by atoms with Crippen molar-refractivity contribution in [1.82, 2.24) is 10.6 Å². The number of hydrogen-bond donors (Lipinski definition) is 2. The normalized spacial score (nSPS) is 31.1. The molecule has 2 N–H and O–H groups in total. The zero-order valence-corrected chi connectivity index (χ0v) is 9.75. The van der Waals surface area contributed by atoms with Gasteiger partial charge in [0.2, 0.25) is 5.91 Å². The molecule has 86 valence electrons. The first-order chi connectivity index (χ1) is 7.20. The number of nitrogens with one attached hydrogen (secondary N) is 2. The number of rotatable bonds is 6. The van der Waals surface area contributed by atoms with Gasteiger partial charge in [-0.15, -0.1) is 0 Å². The molecule has 15 heavy (non-hydrogen) atoms. The maximum Gasteiger partial charge on any atom is 0.237 e. The lowest BCUT2D eigenvalue weighted by atomic mass is 10.2. The minimum atomic E-state index is -0.0162. The summed E-state index contributed by atoms with van der Waals surface area (Å²) in [6.45, 7) is 4.19. The number of carbonyl (C=O) groups is 1. The Bertz CT molecular complexity index is 238. The summed E-state index contributed by atoms with van der Waals surface area (Å²) in [4.78, 5) is 11.6. The van der Waals surface area contributed by atoms with Crippen molar-refractivity contribution < 1.29 is 4.79 Å². The fourth-order valence-corrected chi connectivity index (χ4v) is 2.09. The fourth-order valence-electron chi connectivity index (χ4n) is 2.09. The molecule has 0 bridgehead atoms. The molecule has 0 aromatic rings. The van der Waals surface area contributed by atoms with Crippen LogP contribution < -0.4 is 10.6 Å². The van der Waals surface area contributed by atoms with E-state index in [0.29, 0.717) is 12.1 Å². The summed E-state index contributed by atoms with van der Waals surface area (Å²) in [6.07, 6.45) is 6.15. The van der Waals surface area contributed by atoms with Crippen molar-refractivity contribution in [3.63, 3.8) is 0 Å². The van der Waals surface area contributed by atoms with Gasteiger partial charge in [0.15, 0.2) is 0 Å². The van der Waals surface area contributed by atoms with E-state index >= 15 is 0 Å². The Morgan fingerprint density at radius 1 is 1.47 bits per heavy atom. The molecule has 0 aromatic heterocycles. The highest BCUT2D eigenvalue weighted by atomic mass is 16.2. The Labute approximate surface area is 92.0 Å². The van der Waals surface area contributed by atoms with Crippen LogP contribution in [0.3, 0.4) is 0 Å². The average Bonchev–Trinajstić information content (AvgIpc) is 3.06. The van der Waals surface area contributed by atoms with E-state index in [2.05, 4.69) is 17.6 Å². The van der Waals surface area contributed by atoms with E-state index in [1.165, 1.54) is 32.1 Å². The molecule has 0 aromatic carbocycles. The molecule has 0 spiro atoms. The molecular formula is C12H22N2O. The third-order valence-corrected chi connectivity index (χ3v) is 3.36. The third-order valence-electron chi connectivity index (χ3n) is 3.36. The van der Waals surface area contributed by atoms with Crippen LogP contribution in [0.5, 0.6) is 0 Å². The van der Waals surface area contributed by atoms with Crippen molar-refractivity contribution in [1.29, 1.82) is 0 Å². The number of hydrogen-bond acceptors (Lipinski definition) is 2. The summed E-state index contributed by atoms with van der Waals surface area (Å²) < 4.78 is 0. The van der Waals surface area contributed by atoms with Crippen LogP contribution in [0.15, 0.2) is 0 Å². The molecule has 1 amide bonds. The van der Waals surface area contributed by atoms with Crippen molar-refractivity contribution in [3.05, 3.63) is 0 Å². The highest BCUT2D eigenvalue weighted by Crippen LogP contribution is 2.34. The molecular weight excluding hydrogens is 188 g/mol. The summed E-state index contributed by atoms with van der Waals surface area (Å²) in [5, 5.41) is 6.44. The SMILES string of the molecule is CCCC1CC1NC(C)C(=O)NC1CC1. The van der Waals surface area contributed by atoms with Crippen LogP contribution in [0.25, 0.3) is 0 Å². The van der Waals surface area contributed by atoms with Gasteiger partial charge in [0.05, 0.1) is 6.04 Å². The summed E-state index contributed by atoms with van der Waals surface area (Å²) in [5.41, 5.74) is 0. The first-order valence-corrected chi connectivity index (χ1v) is 6.27. The summed E-state index contributed by atoms with van der Waals surface area (Å²) in [6, 6.07) is 1.06. The van der Waals surface area contributed by atoms with Crippen LogP contribution in [0, 0.1) is 5.92 Å². The standard InChI is InChI=1S/C12H22N2O/c1-3-4-9-7-11(9)13-8(2)12(15)14-10-5-6-10/h8-11,13H,3-7H2,1-2H3,(H,14,15). The van der Waals surface area contributed by atoms with Crippen LogP contribution in [0.1, 0.15) is 46.0 Å². The van der Waals surface area contributed by atoms with E-state index in [1.807, 2.05) is 6.92 Å². The smallest absolute Gasteiger partial charge is 0.237 e. The lowest BCUT2D eigenvalue weighted by Crippen LogP contribution is -2.44. The maximum absolute atomic E-state index is 11.6. The molecule has 2 aliphatic carbocycles. The van der Waals surface area contributed by atoms with Crippen LogP contribution in [0.2, 0.25) is 0 Å². The number of carbonyl (C=O) groups excluding carboxylic acids is 1. The molecule has 0 aliphatic heterocycles. The third kappa shape index (κ3) is 3.20. The first-order valence-electron chi connectivity index (χ1n) is 6.27. The lowest BCUT2D eigenvalue weighted by molar-refractivity contribution is -0.122. The van der Waals surface area contributed by atoms with Crippen molar-refractivity contribution >= 4 is 5.91 Å². The highest BCUT2D eigenvalue weighted by molar-refractivity contribution is 5.81. The minimum Gasteiger partial charge on any atom is -0.352 e. The lowest BCUT2D eigenvalue weighted by Gasteiger charge is -2.13. The molecule has 0 heterocycles. The van der Waals surface area contributed by atoms with E-state index < -0.39 is 0 Å². The second-order valence-corrected chi connectivity index (χ2v) is 5.06. The van der Waals surface area contributed by atoms with Gasteiger partial charge in [0, 0.05) is 12.1 Å². The van der Waals surface area contributed by atoms with Crippen LogP contribution in [-0.2, 0) is 4.79 Å². The van der Waals surface area contributed by atoms with Crippen molar-refractivity contribution in [2.75, 3.05) is 0 Å². The number of amides is 1. The fraction of sp³-hybridized carbons (Fsp3) is 0.917. The zero-order chi connectivity index (χ0) is 10.8. The van der Waals surface area contributed by atoms with Gasteiger partial charge >= 0.3 is 0 Å².